The topological polar surface area (TPSA) is 88.5 Å². The lowest BCUT2D eigenvalue weighted by molar-refractivity contribution is -0.131. The van der Waals surface area contributed by atoms with Crippen LogP contribution in [0, 0.1) is 0 Å². The quantitative estimate of drug-likeness (QED) is 0.845. The zero-order valence-electron chi connectivity index (χ0n) is 10.6. The Morgan fingerprint density at radius 3 is 2.79 bits per heavy atom. The lowest BCUT2D eigenvalue weighted by Gasteiger charge is -2.11. The highest BCUT2D eigenvalue weighted by Gasteiger charge is 2.27. The largest absolute Gasteiger partial charge is 0.477 e. The fourth-order valence-electron chi connectivity index (χ4n) is 1.95. The van der Waals surface area contributed by atoms with Crippen LogP contribution in [-0.2, 0) is 16.1 Å². The number of hydrogen-bond acceptors (Lipinski definition) is 4. The van der Waals surface area contributed by atoms with Crippen LogP contribution < -0.4 is 5.32 Å². The van der Waals surface area contributed by atoms with Crippen LogP contribution in [0.4, 0.5) is 0 Å². The van der Waals surface area contributed by atoms with Gasteiger partial charge >= 0.3 is 5.97 Å². The van der Waals surface area contributed by atoms with Crippen LogP contribution in [0.2, 0.25) is 0 Å². The molecule has 0 bridgehead atoms. The van der Waals surface area contributed by atoms with Crippen molar-refractivity contribution in [2.75, 3.05) is 0 Å². The van der Waals surface area contributed by atoms with Gasteiger partial charge in [0.2, 0.25) is 5.91 Å². The van der Waals surface area contributed by atoms with E-state index in [0.29, 0.717) is 6.54 Å². The number of rotatable bonds is 4. The molecule has 6 nitrogen and oxygen atoms in total. The number of amides is 1. The number of aromatic nitrogens is 1. The van der Waals surface area contributed by atoms with Gasteiger partial charge in [-0.1, -0.05) is 6.07 Å². The molecule has 1 aromatic rings. The summed E-state index contributed by atoms with van der Waals surface area (Å²) in [5.41, 5.74) is 0.743. The van der Waals surface area contributed by atoms with Gasteiger partial charge in [-0.25, -0.2) is 9.78 Å². The van der Waals surface area contributed by atoms with E-state index < -0.39 is 5.97 Å². The number of aromatic carboxylic acids is 1. The van der Waals surface area contributed by atoms with Gasteiger partial charge in [-0.15, -0.1) is 0 Å². The molecule has 102 valence electrons. The number of nitrogens with zero attached hydrogens (tertiary/aromatic N) is 1. The molecule has 0 aliphatic carbocycles. The first-order chi connectivity index (χ1) is 9.06. The standard InChI is InChI=1S/C13H16N2O4/c1-8-2-5-11(19-8)12(16)15-7-9-3-4-10(13(17)18)14-6-9/h3-4,6,8,11H,2,5,7H2,1H3,(H,15,16)(H,17,18). The third-order valence-corrected chi connectivity index (χ3v) is 3.03. The monoisotopic (exact) mass is 264 g/mol. The van der Waals surface area contributed by atoms with Crippen molar-refractivity contribution in [2.24, 2.45) is 0 Å². The summed E-state index contributed by atoms with van der Waals surface area (Å²) in [5.74, 6) is -1.20. The van der Waals surface area contributed by atoms with Crippen LogP contribution in [0.25, 0.3) is 0 Å². The molecule has 2 heterocycles. The van der Waals surface area contributed by atoms with Gasteiger partial charge < -0.3 is 15.2 Å². The summed E-state index contributed by atoms with van der Waals surface area (Å²) >= 11 is 0. The second-order valence-electron chi connectivity index (χ2n) is 4.59. The Hall–Kier alpha value is -1.95. The molecule has 1 aromatic heterocycles. The number of nitrogens with one attached hydrogen (secondary N) is 1. The molecule has 1 saturated heterocycles. The van der Waals surface area contributed by atoms with E-state index in [-0.39, 0.29) is 23.8 Å². The lowest BCUT2D eigenvalue weighted by atomic mass is 10.2. The summed E-state index contributed by atoms with van der Waals surface area (Å²) in [6.45, 7) is 2.27. The van der Waals surface area contributed by atoms with E-state index in [1.165, 1.54) is 12.3 Å². The summed E-state index contributed by atoms with van der Waals surface area (Å²) in [7, 11) is 0. The van der Waals surface area contributed by atoms with Crippen LogP contribution in [0.5, 0.6) is 0 Å². The van der Waals surface area contributed by atoms with Gasteiger partial charge in [0.1, 0.15) is 11.8 Å². The second kappa shape index (κ2) is 5.79. The van der Waals surface area contributed by atoms with Gasteiger partial charge in [-0.05, 0) is 31.4 Å². The molecule has 0 saturated carbocycles. The lowest BCUT2D eigenvalue weighted by Crippen LogP contribution is -2.34. The van der Waals surface area contributed by atoms with Crippen molar-refractivity contribution in [2.45, 2.75) is 38.5 Å². The number of pyridine rings is 1. The van der Waals surface area contributed by atoms with Crippen molar-refractivity contribution in [3.8, 4) is 0 Å². The SMILES string of the molecule is CC1CCC(C(=O)NCc2ccc(C(=O)O)nc2)O1. The zero-order chi connectivity index (χ0) is 13.8. The minimum absolute atomic E-state index is 0.0111. The van der Waals surface area contributed by atoms with Crippen molar-refractivity contribution in [1.82, 2.24) is 10.3 Å². The van der Waals surface area contributed by atoms with E-state index in [2.05, 4.69) is 10.3 Å². The minimum Gasteiger partial charge on any atom is -0.477 e. The number of ether oxygens (including phenoxy) is 1. The fourth-order valence-corrected chi connectivity index (χ4v) is 1.95. The molecule has 0 aromatic carbocycles. The Morgan fingerprint density at radius 1 is 1.47 bits per heavy atom. The number of carboxylic acid groups (broad SMARTS) is 1. The third-order valence-electron chi connectivity index (χ3n) is 3.03. The average molecular weight is 264 g/mol. The van der Waals surface area contributed by atoms with Gasteiger partial charge in [0.25, 0.3) is 0 Å². The summed E-state index contributed by atoms with van der Waals surface area (Å²) in [5, 5.41) is 11.5. The van der Waals surface area contributed by atoms with E-state index in [0.717, 1.165) is 18.4 Å². The van der Waals surface area contributed by atoms with Crippen LogP contribution in [0.3, 0.4) is 0 Å². The van der Waals surface area contributed by atoms with Crippen LogP contribution in [-0.4, -0.2) is 34.2 Å². The Kier molecular flexibility index (Phi) is 4.11. The van der Waals surface area contributed by atoms with Gasteiger partial charge in [-0.2, -0.15) is 0 Å². The molecule has 0 spiro atoms. The van der Waals surface area contributed by atoms with E-state index in [9.17, 15) is 9.59 Å². The minimum atomic E-state index is -1.07. The molecule has 19 heavy (non-hydrogen) atoms. The van der Waals surface area contributed by atoms with Gasteiger partial charge in [0.15, 0.2) is 0 Å². The van der Waals surface area contributed by atoms with E-state index in [1.54, 1.807) is 6.07 Å². The molecule has 2 unspecified atom stereocenters. The van der Waals surface area contributed by atoms with Crippen molar-refractivity contribution in [3.05, 3.63) is 29.6 Å². The van der Waals surface area contributed by atoms with Crippen molar-refractivity contribution < 1.29 is 19.4 Å². The predicted octanol–water partition coefficient (Wildman–Crippen LogP) is 0.963. The zero-order valence-corrected chi connectivity index (χ0v) is 10.6. The van der Waals surface area contributed by atoms with Crippen LogP contribution in [0.15, 0.2) is 18.3 Å². The highest BCUT2D eigenvalue weighted by molar-refractivity contribution is 5.85. The van der Waals surface area contributed by atoms with E-state index >= 15 is 0 Å². The maximum atomic E-state index is 11.8. The summed E-state index contributed by atoms with van der Waals surface area (Å²) in [4.78, 5) is 26.2. The van der Waals surface area contributed by atoms with E-state index in [4.69, 9.17) is 9.84 Å². The summed E-state index contributed by atoms with van der Waals surface area (Å²) in [6.07, 6.45) is 2.84. The van der Waals surface area contributed by atoms with Gasteiger partial charge in [0.05, 0.1) is 6.10 Å². The second-order valence-corrected chi connectivity index (χ2v) is 4.59. The maximum Gasteiger partial charge on any atom is 0.354 e. The van der Waals surface area contributed by atoms with E-state index in [1.807, 2.05) is 6.92 Å². The summed E-state index contributed by atoms with van der Waals surface area (Å²) < 4.78 is 5.46. The maximum absolute atomic E-state index is 11.8. The molecule has 6 heteroatoms. The third kappa shape index (κ3) is 3.51. The smallest absolute Gasteiger partial charge is 0.354 e. The highest BCUT2D eigenvalue weighted by atomic mass is 16.5. The number of carbonyl (C=O) groups is 2. The predicted molar refractivity (Wildman–Crippen MR) is 66.6 cm³/mol. The van der Waals surface area contributed by atoms with Crippen molar-refractivity contribution in [1.29, 1.82) is 0 Å². The molecule has 0 radical (unpaired) electrons. The number of carbonyl (C=O) groups excluding carboxylic acids is 1. The first kappa shape index (κ1) is 13.5. The Balaban J connectivity index is 1.85. The molecular formula is C13H16N2O4. The van der Waals surface area contributed by atoms with Crippen LogP contribution in [0.1, 0.15) is 35.8 Å². The molecule has 1 fully saturated rings. The molecule has 1 amide bonds. The van der Waals surface area contributed by atoms with Crippen molar-refractivity contribution >= 4 is 11.9 Å². The molecule has 2 N–H and O–H groups in total. The Bertz CT molecular complexity index is 472. The average Bonchev–Trinajstić information content (AvgIpc) is 2.83. The Labute approximate surface area is 110 Å². The highest BCUT2D eigenvalue weighted by Crippen LogP contribution is 2.19. The van der Waals surface area contributed by atoms with Gasteiger partial charge in [-0.3, -0.25) is 4.79 Å². The normalized spacial score (nSPS) is 22.2. The molecule has 1 aliphatic rings. The fraction of sp³-hybridized carbons (Fsp3) is 0.462. The van der Waals surface area contributed by atoms with Crippen molar-refractivity contribution in [3.63, 3.8) is 0 Å². The molecule has 2 rings (SSSR count). The summed E-state index contributed by atoms with van der Waals surface area (Å²) in [6, 6.07) is 3.05. The molecule has 1 aliphatic heterocycles. The molecular weight excluding hydrogens is 248 g/mol. The number of hydrogen-bond donors (Lipinski definition) is 2. The van der Waals surface area contributed by atoms with Crippen LogP contribution >= 0.6 is 0 Å². The first-order valence-electron chi connectivity index (χ1n) is 6.17. The van der Waals surface area contributed by atoms with Gasteiger partial charge in [0, 0.05) is 12.7 Å². The number of carboxylic acids is 1. The molecule has 2 atom stereocenters. The Morgan fingerprint density at radius 2 is 2.26 bits per heavy atom. The first-order valence-corrected chi connectivity index (χ1v) is 6.17.